The summed E-state index contributed by atoms with van der Waals surface area (Å²) in [6.07, 6.45) is 1.10. The zero-order chi connectivity index (χ0) is 20.8. The first-order valence-electron chi connectivity index (χ1n) is 9.45. The van der Waals surface area contributed by atoms with Crippen molar-refractivity contribution in [3.8, 4) is 5.75 Å². The Bertz CT molecular complexity index is 904. The van der Waals surface area contributed by atoms with Gasteiger partial charge in [-0.1, -0.05) is 24.3 Å². The van der Waals surface area contributed by atoms with Crippen molar-refractivity contribution in [3.63, 3.8) is 0 Å². The van der Waals surface area contributed by atoms with Gasteiger partial charge in [0.05, 0.1) is 31.0 Å². The first-order valence-corrected chi connectivity index (χ1v) is 9.45. The van der Waals surface area contributed by atoms with Crippen molar-refractivity contribution in [1.29, 1.82) is 0 Å². The number of hydrogen-bond acceptors (Lipinski definition) is 5. The molecule has 1 heterocycles. The molecule has 3 rings (SSSR count). The van der Waals surface area contributed by atoms with E-state index in [-0.39, 0.29) is 17.7 Å². The molecular formula is C22H24N2O5. The average molecular weight is 396 g/mol. The highest BCUT2D eigenvalue weighted by atomic mass is 16.5. The monoisotopic (exact) mass is 396 g/mol. The number of methoxy groups -OCH3 is 2. The summed E-state index contributed by atoms with van der Waals surface area (Å²) in [6.45, 7) is 0.960. The lowest BCUT2D eigenvalue weighted by Crippen LogP contribution is -2.41. The number of nitrogens with zero attached hydrogens (tertiary/aromatic N) is 1. The maximum absolute atomic E-state index is 12.8. The van der Waals surface area contributed by atoms with Crippen molar-refractivity contribution >= 4 is 23.5 Å². The smallest absolute Gasteiger partial charge is 0.339 e. The minimum absolute atomic E-state index is 0.0997. The van der Waals surface area contributed by atoms with Crippen molar-refractivity contribution < 1.29 is 23.9 Å². The number of likely N-dealkylation sites (tertiary alicyclic amines) is 1. The molecule has 1 N–H and O–H groups in total. The van der Waals surface area contributed by atoms with Gasteiger partial charge in [0.15, 0.2) is 0 Å². The number of carbonyl (C=O) groups excluding carboxylic acids is 3. The van der Waals surface area contributed by atoms with E-state index in [4.69, 9.17) is 9.47 Å². The molecule has 0 bridgehead atoms. The molecule has 0 aromatic heterocycles. The molecule has 1 aliphatic rings. The van der Waals surface area contributed by atoms with Gasteiger partial charge in [0, 0.05) is 19.0 Å². The second-order valence-electron chi connectivity index (χ2n) is 6.79. The van der Waals surface area contributed by atoms with Gasteiger partial charge < -0.3 is 19.7 Å². The number of nitrogens with one attached hydrogen (secondary N) is 1. The lowest BCUT2D eigenvalue weighted by molar-refractivity contribution is -0.121. The minimum atomic E-state index is -0.502. The number of para-hydroxylation sites is 2. The van der Waals surface area contributed by atoms with Crippen LogP contribution in [0.1, 0.15) is 33.6 Å². The maximum atomic E-state index is 12.8. The summed E-state index contributed by atoms with van der Waals surface area (Å²) < 4.78 is 10.0. The van der Waals surface area contributed by atoms with Crippen LogP contribution in [-0.4, -0.2) is 50.0 Å². The predicted molar refractivity (Wildman–Crippen MR) is 108 cm³/mol. The van der Waals surface area contributed by atoms with Crippen molar-refractivity contribution in [1.82, 2.24) is 4.90 Å². The van der Waals surface area contributed by atoms with Crippen LogP contribution in [0.15, 0.2) is 48.5 Å². The molecule has 0 saturated carbocycles. The first kappa shape index (κ1) is 20.4. The van der Waals surface area contributed by atoms with E-state index in [1.807, 2.05) is 6.07 Å². The van der Waals surface area contributed by atoms with Gasteiger partial charge >= 0.3 is 5.97 Å². The summed E-state index contributed by atoms with van der Waals surface area (Å²) in [7, 11) is 2.84. The summed E-state index contributed by atoms with van der Waals surface area (Å²) in [5, 5.41) is 2.83. The highest BCUT2D eigenvalue weighted by molar-refractivity contribution is 6.02. The van der Waals surface area contributed by atoms with E-state index >= 15 is 0 Å². The third kappa shape index (κ3) is 4.56. The fourth-order valence-corrected chi connectivity index (χ4v) is 3.45. The van der Waals surface area contributed by atoms with Gasteiger partial charge in [0.25, 0.3) is 5.91 Å². The molecule has 0 aliphatic carbocycles. The van der Waals surface area contributed by atoms with E-state index in [0.717, 1.165) is 0 Å². The normalized spacial score (nSPS) is 14.2. The van der Waals surface area contributed by atoms with Crippen LogP contribution >= 0.6 is 0 Å². The largest absolute Gasteiger partial charge is 0.496 e. The van der Waals surface area contributed by atoms with E-state index in [9.17, 15) is 14.4 Å². The Kier molecular flexibility index (Phi) is 6.49. The van der Waals surface area contributed by atoms with Crippen molar-refractivity contribution in [2.24, 2.45) is 5.92 Å². The number of ether oxygens (including phenoxy) is 2. The van der Waals surface area contributed by atoms with Gasteiger partial charge in [-0.25, -0.2) is 4.79 Å². The summed E-state index contributed by atoms with van der Waals surface area (Å²) in [5.74, 6) is -0.458. The van der Waals surface area contributed by atoms with Crippen LogP contribution in [0.4, 0.5) is 5.69 Å². The number of hydrogen-bond donors (Lipinski definition) is 1. The molecule has 0 unspecified atom stereocenters. The van der Waals surface area contributed by atoms with Crippen molar-refractivity contribution in [2.75, 3.05) is 32.6 Å². The van der Waals surface area contributed by atoms with E-state index in [0.29, 0.717) is 48.5 Å². The Balaban J connectivity index is 1.62. The minimum Gasteiger partial charge on any atom is -0.496 e. The quantitative estimate of drug-likeness (QED) is 0.786. The predicted octanol–water partition coefficient (Wildman–Crippen LogP) is 2.97. The molecule has 0 spiro atoms. The van der Waals surface area contributed by atoms with E-state index in [2.05, 4.69) is 5.32 Å². The van der Waals surface area contributed by atoms with E-state index in [1.54, 1.807) is 47.4 Å². The lowest BCUT2D eigenvalue weighted by Gasteiger charge is -2.31. The highest BCUT2D eigenvalue weighted by Gasteiger charge is 2.29. The van der Waals surface area contributed by atoms with Crippen LogP contribution in [0.25, 0.3) is 0 Å². The second-order valence-corrected chi connectivity index (χ2v) is 6.79. The molecule has 7 nitrogen and oxygen atoms in total. The Labute approximate surface area is 169 Å². The van der Waals surface area contributed by atoms with Gasteiger partial charge in [0.1, 0.15) is 5.75 Å². The number of amides is 2. The average Bonchev–Trinajstić information content (AvgIpc) is 2.78. The molecule has 0 atom stereocenters. The van der Waals surface area contributed by atoms with Crippen LogP contribution in [0.2, 0.25) is 0 Å². The molecule has 2 aromatic carbocycles. The fraction of sp³-hybridized carbons (Fsp3) is 0.318. The number of carbonyl (C=O) groups is 3. The Morgan fingerprint density at radius 2 is 1.55 bits per heavy atom. The summed E-state index contributed by atoms with van der Waals surface area (Å²) in [4.78, 5) is 39.1. The second kappa shape index (κ2) is 9.23. The van der Waals surface area contributed by atoms with Gasteiger partial charge in [-0.15, -0.1) is 0 Å². The third-order valence-corrected chi connectivity index (χ3v) is 5.08. The molecule has 2 amide bonds. The number of anilines is 1. The molecule has 2 aromatic rings. The number of esters is 1. The molecule has 1 aliphatic heterocycles. The Morgan fingerprint density at radius 1 is 0.931 bits per heavy atom. The molecule has 7 heteroatoms. The zero-order valence-corrected chi connectivity index (χ0v) is 16.5. The van der Waals surface area contributed by atoms with Crippen LogP contribution in [0.5, 0.6) is 5.75 Å². The van der Waals surface area contributed by atoms with Gasteiger partial charge in [-0.3, -0.25) is 9.59 Å². The van der Waals surface area contributed by atoms with Crippen LogP contribution in [0.3, 0.4) is 0 Å². The topological polar surface area (TPSA) is 84.9 Å². The van der Waals surface area contributed by atoms with Crippen LogP contribution < -0.4 is 10.1 Å². The zero-order valence-electron chi connectivity index (χ0n) is 16.5. The van der Waals surface area contributed by atoms with E-state index in [1.165, 1.54) is 14.2 Å². The molecule has 0 radical (unpaired) electrons. The number of rotatable bonds is 5. The molecule has 1 saturated heterocycles. The molecule has 29 heavy (non-hydrogen) atoms. The van der Waals surface area contributed by atoms with E-state index < -0.39 is 5.97 Å². The van der Waals surface area contributed by atoms with Gasteiger partial charge in [0.2, 0.25) is 5.91 Å². The first-order chi connectivity index (χ1) is 14.0. The number of piperidine rings is 1. The molecule has 152 valence electrons. The SMILES string of the molecule is COC(=O)c1ccccc1NC(=O)C1CCN(C(=O)c2ccccc2OC)CC1. The van der Waals surface area contributed by atoms with Crippen molar-refractivity contribution in [3.05, 3.63) is 59.7 Å². The van der Waals surface area contributed by atoms with Crippen molar-refractivity contribution in [2.45, 2.75) is 12.8 Å². The fourth-order valence-electron chi connectivity index (χ4n) is 3.45. The number of benzene rings is 2. The summed E-state index contributed by atoms with van der Waals surface area (Å²) >= 11 is 0. The summed E-state index contributed by atoms with van der Waals surface area (Å²) in [5.41, 5.74) is 1.26. The van der Waals surface area contributed by atoms with Crippen LogP contribution in [-0.2, 0) is 9.53 Å². The highest BCUT2D eigenvalue weighted by Crippen LogP contribution is 2.25. The third-order valence-electron chi connectivity index (χ3n) is 5.08. The molecular weight excluding hydrogens is 372 g/mol. The van der Waals surface area contributed by atoms with Gasteiger partial charge in [-0.05, 0) is 37.1 Å². The Morgan fingerprint density at radius 3 is 2.21 bits per heavy atom. The standard InChI is InChI=1S/C22H24N2O5/c1-28-19-10-6-4-8-17(19)21(26)24-13-11-15(12-14-24)20(25)23-18-9-5-3-7-16(18)22(27)29-2/h3-10,15H,11-14H2,1-2H3,(H,23,25). The lowest BCUT2D eigenvalue weighted by atomic mass is 9.95. The summed E-state index contributed by atoms with van der Waals surface area (Å²) in [6, 6.07) is 13.9. The van der Waals surface area contributed by atoms with Gasteiger partial charge in [-0.2, -0.15) is 0 Å². The van der Waals surface area contributed by atoms with Crippen LogP contribution in [0, 0.1) is 5.92 Å². The Hall–Kier alpha value is -3.35. The maximum Gasteiger partial charge on any atom is 0.339 e. The molecule has 1 fully saturated rings.